The molecule has 0 fully saturated rings. The van der Waals surface area contributed by atoms with Crippen LogP contribution in [0.2, 0.25) is 0 Å². The minimum atomic E-state index is -3.19. The molecule has 0 radical (unpaired) electrons. The van der Waals surface area contributed by atoms with Crippen LogP contribution in [-0.2, 0) is 16.4 Å². The van der Waals surface area contributed by atoms with Crippen LogP contribution >= 0.6 is 11.3 Å². The highest BCUT2D eigenvalue weighted by molar-refractivity contribution is 7.90. The Labute approximate surface area is 129 Å². The molecule has 0 amide bonds. The molecule has 1 aromatic carbocycles. The fourth-order valence-electron chi connectivity index (χ4n) is 1.97. The standard InChI is InChI=1S/C15H19NO3S2/c1-11-3-6-13(20-11)9-16-10-15(17)12-4-7-14(8-5-12)21(2,18)19/h3-8,15-17H,9-10H2,1-2H3. The number of hydrogen-bond acceptors (Lipinski definition) is 5. The van der Waals surface area contributed by atoms with Gasteiger partial charge in [0.25, 0.3) is 0 Å². The molecule has 114 valence electrons. The molecule has 0 saturated heterocycles. The quantitative estimate of drug-likeness (QED) is 0.855. The number of aliphatic hydroxyl groups is 1. The highest BCUT2D eigenvalue weighted by Crippen LogP contribution is 2.17. The van der Waals surface area contributed by atoms with Crippen molar-refractivity contribution >= 4 is 21.2 Å². The van der Waals surface area contributed by atoms with Gasteiger partial charge in [-0.1, -0.05) is 12.1 Å². The van der Waals surface area contributed by atoms with Gasteiger partial charge in [0.2, 0.25) is 0 Å². The maximum atomic E-state index is 11.4. The van der Waals surface area contributed by atoms with E-state index in [1.165, 1.54) is 28.1 Å². The van der Waals surface area contributed by atoms with Crippen LogP contribution in [0.1, 0.15) is 21.4 Å². The Hall–Kier alpha value is -1.21. The van der Waals surface area contributed by atoms with E-state index in [0.29, 0.717) is 12.1 Å². The molecule has 1 aromatic heterocycles. The Balaban J connectivity index is 1.89. The van der Waals surface area contributed by atoms with Crippen molar-refractivity contribution in [2.24, 2.45) is 0 Å². The molecule has 4 nitrogen and oxygen atoms in total. The summed E-state index contributed by atoms with van der Waals surface area (Å²) in [5, 5.41) is 13.3. The minimum Gasteiger partial charge on any atom is -0.387 e. The van der Waals surface area contributed by atoms with E-state index in [-0.39, 0.29) is 4.90 Å². The molecule has 0 aliphatic heterocycles. The fourth-order valence-corrected chi connectivity index (χ4v) is 3.46. The van der Waals surface area contributed by atoms with Crippen molar-refractivity contribution in [1.29, 1.82) is 0 Å². The number of rotatable bonds is 6. The highest BCUT2D eigenvalue weighted by Gasteiger charge is 2.10. The Bertz CT molecular complexity index is 690. The van der Waals surface area contributed by atoms with Gasteiger partial charge in [-0.25, -0.2) is 8.42 Å². The zero-order valence-electron chi connectivity index (χ0n) is 12.0. The normalized spacial score (nSPS) is 13.3. The monoisotopic (exact) mass is 325 g/mol. The molecule has 1 heterocycles. The Kier molecular flexibility index (Phi) is 5.16. The molecule has 0 saturated carbocycles. The van der Waals surface area contributed by atoms with Gasteiger partial charge in [0.05, 0.1) is 11.0 Å². The predicted octanol–water partition coefficient (Wildman–Crippen LogP) is 2.28. The number of benzene rings is 1. The van der Waals surface area contributed by atoms with Gasteiger partial charge in [0.1, 0.15) is 0 Å². The van der Waals surface area contributed by atoms with Crippen molar-refractivity contribution < 1.29 is 13.5 Å². The van der Waals surface area contributed by atoms with Crippen molar-refractivity contribution in [3.63, 3.8) is 0 Å². The third-order valence-corrected chi connectivity index (χ3v) is 5.26. The molecule has 2 N–H and O–H groups in total. The molecule has 2 aromatic rings. The minimum absolute atomic E-state index is 0.264. The van der Waals surface area contributed by atoms with Crippen LogP contribution in [-0.4, -0.2) is 26.3 Å². The molecule has 6 heteroatoms. The number of hydrogen-bond donors (Lipinski definition) is 2. The van der Waals surface area contributed by atoms with Crippen LogP contribution in [0.3, 0.4) is 0 Å². The lowest BCUT2D eigenvalue weighted by molar-refractivity contribution is 0.174. The third kappa shape index (κ3) is 4.64. The van der Waals surface area contributed by atoms with Gasteiger partial charge < -0.3 is 10.4 Å². The van der Waals surface area contributed by atoms with Crippen molar-refractivity contribution in [2.45, 2.75) is 24.5 Å². The summed E-state index contributed by atoms with van der Waals surface area (Å²) in [6.45, 7) is 3.21. The van der Waals surface area contributed by atoms with E-state index in [1.807, 2.05) is 0 Å². The molecule has 1 atom stereocenters. The van der Waals surface area contributed by atoms with E-state index in [9.17, 15) is 13.5 Å². The Morgan fingerprint density at radius 3 is 2.38 bits per heavy atom. The summed E-state index contributed by atoms with van der Waals surface area (Å²) in [5.74, 6) is 0. The van der Waals surface area contributed by atoms with E-state index < -0.39 is 15.9 Å². The molecule has 2 rings (SSSR count). The second-order valence-electron chi connectivity index (χ2n) is 5.00. The number of sulfone groups is 1. The lowest BCUT2D eigenvalue weighted by Gasteiger charge is -2.12. The van der Waals surface area contributed by atoms with Gasteiger partial charge in [-0.2, -0.15) is 0 Å². The molecular weight excluding hydrogens is 306 g/mol. The molecule has 21 heavy (non-hydrogen) atoms. The Morgan fingerprint density at radius 1 is 1.19 bits per heavy atom. The number of aryl methyl sites for hydroxylation is 1. The first kappa shape index (κ1) is 16.2. The van der Waals surface area contributed by atoms with Gasteiger partial charge in [0, 0.05) is 29.1 Å². The van der Waals surface area contributed by atoms with Crippen LogP contribution in [0, 0.1) is 6.92 Å². The van der Waals surface area contributed by atoms with Crippen LogP contribution in [0.4, 0.5) is 0 Å². The lowest BCUT2D eigenvalue weighted by atomic mass is 10.1. The number of aliphatic hydroxyl groups excluding tert-OH is 1. The van der Waals surface area contributed by atoms with E-state index in [2.05, 4.69) is 24.4 Å². The zero-order valence-corrected chi connectivity index (χ0v) is 13.7. The van der Waals surface area contributed by atoms with Crippen molar-refractivity contribution in [2.75, 3.05) is 12.8 Å². The molecular formula is C15H19NO3S2. The Morgan fingerprint density at radius 2 is 1.86 bits per heavy atom. The van der Waals surface area contributed by atoms with Crippen molar-refractivity contribution in [3.8, 4) is 0 Å². The fraction of sp³-hybridized carbons (Fsp3) is 0.333. The summed E-state index contributed by atoms with van der Waals surface area (Å²) in [5.41, 5.74) is 0.706. The van der Waals surface area contributed by atoms with Gasteiger partial charge in [-0.3, -0.25) is 0 Å². The molecule has 0 aliphatic carbocycles. The summed E-state index contributed by atoms with van der Waals surface area (Å²) in [6, 6.07) is 10.5. The first-order chi connectivity index (χ1) is 9.86. The maximum absolute atomic E-state index is 11.4. The third-order valence-electron chi connectivity index (χ3n) is 3.13. The number of thiophene rings is 1. The van der Waals surface area contributed by atoms with E-state index in [4.69, 9.17) is 0 Å². The second kappa shape index (κ2) is 6.70. The summed E-state index contributed by atoms with van der Waals surface area (Å²) in [7, 11) is -3.19. The second-order valence-corrected chi connectivity index (χ2v) is 8.39. The average molecular weight is 325 g/mol. The van der Waals surface area contributed by atoms with Gasteiger partial charge in [-0.15, -0.1) is 11.3 Å². The highest BCUT2D eigenvalue weighted by atomic mass is 32.2. The molecule has 1 unspecified atom stereocenters. The summed E-state index contributed by atoms with van der Waals surface area (Å²) < 4.78 is 22.7. The number of nitrogens with one attached hydrogen (secondary N) is 1. The van der Waals surface area contributed by atoms with Crippen LogP contribution < -0.4 is 5.32 Å². The molecule has 0 aliphatic rings. The summed E-state index contributed by atoms with van der Waals surface area (Å²) >= 11 is 1.73. The van der Waals surface area contributed by atoms with Crippen molar-refractivity contribution in [1.82, 2.24) is 5.32 Å². The largest absolute Gasteiger partial charge is 0.387 e. The van der Waals surface area contributed by atoms with Gasteiger partial charge in [-0.05, 0) is 36.8 Å². The smallest absolute Gasteiger partial charge is 0.175 e. The van der Waals surface area contributed by atoms with Crippen LogP contribution in [0.25, 0.3) is 0 Å². The van der Waals surface area contributed by atoms with E-state index >= 15 is 0 Å². The zero-order chi connectivity index (χ0) is 15.5. The predicted molar refractivity (Wildman–Crippen MR) is 85.3 cm³/mol. The maximum Gasteiger partial charge on any atom is 0.175 e. The van der Waals surface area contributed by atoms with E-state index in [1.54, 1.807) is 23.5 Å². The first-order valence-electron chi connectivity index (χ1n) is 6.60. The topological polar surface area (TPSA) is 66.4 Å². The van der Waals surface area contributed by atoms with Crippen LogP contribution in [0.15, 0.2) is 41.3 Å². The molecule has 0 bridgehead atoms. The SMILES string of the molecule is Cc1ccc(CNCC(O)c2ccc(S(C)(=O)=O)cc2)s1. The van der Waals surface area contributed by atoms with Gasteiger partial charge >= 0.3 is 0 Å². The first-order valence-corrected chi connectivity index (χ1v) is 9.31. The van der Waals surface area contributed by atoms with Crippen molar-refractivity contribution in [3.05, 3.63) is 51.7 Å². The molecule has 0 spiro atoms. The van der Waals surface area contributed by atoms with E-state index in [0.717, 1.165) is 6.54 Å². The van der Waals surface area contributed by atoms with Gasteiger partial charge in [0.15, 0.2) is 9.84 Å². The summed E-state index contributed by atoms with van der Waals surface area (Å²) in [4.78, 5) is 2.76. The lowest BCUT2D eigenvalue weighted by Crippen LogP contribution is -2.20. The average Bonchev–Trinajstić information content (AvgIpc) is 2.83. The van der Waals surface area contributed by atoms with Crippen LogP contribution in [0.5, 0.6) is 0 Å². The summed E-state index contributed by atoms with van der Waals surface area (Å²) in [6.07, 6.45) is 0.517.